The molecule has 0 unspecified atom stereocenters. The van der Waals surface area contributed by atoms with Gasteiger partial charge in [0.05, 0.1) is 0 Å². The number of carbonyl (C=O) groups excluding carboxylic acids is 1. The first kappa shape index (κ1) is 26.3. The summed E-state index contributed by atoms with van der Waals surface area (Å²) in [4.78, 5) is 12.4. The minimum atomic E-state index is -2.73. The van der Waals surface area contributed by atoms with Crippen molar-refractivity contribution in [3.63, 3.8) is 0 Å². The Morgan fingerprint density at radius 2 is 1.04 bits per heavy atom. The van der Waals surface area contributed by atoms with Crippen LogP contribution < -0.4 is 0 Å². The van der Waals surface area contributed by atoms with Crippen molar-refractivity contribution in [1.82, 2.24) is 0 Å². The Kier molecular flexibility index (Phi) is 18.8. The molecule has 0 aromatic heterocycles. The van der Waals surface area contributed by atoms with Gasteiger partial charge in [-0.2, -0.15) is 0 Å². The fraction of sp³-hybridized carbons (Fsp3) is 0.957. The van der Waals surface area contributed by atoms with Gasteiger partial charge in [0, 0.05) is 0 Å². The van der Waals surface area contributed by atoms with Crippen LogP contribution in [0.4, 0.5) is 0 Å². The molecule has 0 aromatic carbocycles. The molecule has 0 radical (unpaired) electrons. The van der Waals surface area contributed by atoms with Crippen molar-refractivity contribution in [2.45, 2.75) is 137 Å². The van der Waals surface area contributed by atoms with Crippen LogP contribution >= 0.6 is 0 Å². The van der Waals surface area contributed by atoms with Crippen molar-refractivity contribution in [2.75, 3.05) is 0 Å². The van der Waals surface area contributed by atoms with Crippen LogP contribution in [0.3, 0.4) is 0 Å². The van der Waals surface area contributed by atoms with Crippen molar-refractivity contribution >= 4 is 24.8 Å². The standard InChI is InChI=1S/2C8H17.C5H10O2.C2H5.Sn/c2*1-3-5-7-8-6-4-2;1-2-3-4-5(6)7;1-2;/h2*1,3-8H2,2H3;2-4H2,1H3,(H,6,7);1H2,2H3;/q;;;;+1/p-1. The molecule has 2 nitrogen and oxygen atoms in total. The number of hydrogen-bond acceptors (Lipinski definition) is 2. The second kappa shape index (κ2) is 18.6. The molecule has 3 heteroatoms. The van der Waals surface area contributed by atoms with Gasteiger partial charge in [0.2, 0.25) is 0 Å². The monoisotopic (exact) mass is 476 g/mol. The molecule has 0 aliphatic rings. The van der Waals surface area contributed by atoms with E-state index in [4.69, 9.17) is 3.07 Å². The number of hydrogen-bond donors (Lipinski definition) is 0. The maximum atomic E-state index is 12.4. The van der Waals surface area contributed by atoms with Crippen molar-refractivity contribution in [1.29, 1.82) is 0 Å². The van der Waals surface area contributed by atoms with Crippen molar-refractivity contribution in [3.05, 3.63) is 0 Å². The van der Waals surface area contributed by atoms with Crippen LogP contribution in [0.15, 0.2) is 0 Å². The van der Waals surface area contributed by atoms with Gasteiger partial charge in [0.15, 0.2) is 0 Å². The van der Waals surface area contributed by atoms with Crippen molar-refractivity contribution in [3.8, 4) is 0 Å². The average molecular weight is 475 g/mol. The van der Waals surface area contributed by atoms with Crippen LogP contribution in [0.5, 0.6) is 0 Å². The zero-order valence-corrected chi connectivity index (χ0v) is 21.4. The SMILES string of the molecule is CCCCCCC[CH2][Sn]([CH2]C)([CH2]CCCCCCC)[O]C(=O)CCCC. The summed E-state index contributed by atoms with van der Waals surface area (Å²) in [6.45, 7) is 9.00. The molecule has 0 aliphatic carbocycles. The molecule has 0 atom stereocenters. The fourth-order valence-electron chi connectivity index (χ4n) is 3.72. The normalized spacial score (nSPS) is 11.7. The van der Waals surface area contributed by atoms with Gasteiger partial charge in [-0.1, -0.05) is 0 Å². The molecule has 0 aliphatic heterocycles. The van der Waals surface area contributed by atoms with Crippen LogP contribution in [-0.2, 0) is 7.87 Å². The molecular formula is C23H48O2Sn. The van der Waals surface area contributed by atoms with Gasteiger partial charge >= 0.3 is 170 Å². The zero-order valence-electron chi connectivity index (χ0n) is 18.5. The quantitative estimate of drug-likeness (QED) is 0.139. The van der Waals surface area contributed by atoms with Gasteiger partial charge in [-0.05, 0) is 0 Å². The molecule has 156 valence electrons. The Bertz CT molecular complexity index is 301. The summed E-state index contributed by atoms with van der Waals surface area (Å²) in [6.07, 6.45) is 18.8. The molecule has 0 rings (SSSR count). The third-order valence-electron chi connectivity index (χ3n) is 5.68. The van der Waals surface area contributed by atoms with Gasteiger partial charge in [-0.3, -0.25) is 0 Å². The van der Waals surface area contributed by atoms with Gasteiger partial charge in [-0.15, -0.1) is 0 Å². The second-order valence-corrected chi connectivity index (χ2v) is 20.4. The van der Waals surface area contributed by atoms with E-state index in [0.29, 0.717) is 6.42 Å². The predicted molar refractivity (Wildman–Crippen MR) is 118 cm³/mol. The summed E-state index contributed by atoms with van der Waals surface area (Å²) in [5.74, 6) is 0.126. The number of rotatable bonds is 19. The summed E-state index contributed by atoms with van der Waals surface area (Å²) in [7, 11) is 0. The average Bonchev–Trinajstić information content (AvgIpc) is 2.65. The fourth-order valence-corrected chi connectivity index (χ4v) is 14.2. The zero-order chi connectivity index (χ0) is 19.5. The van der Waals surface area contributed by atoms with E-state index in [1.54, 1.807) is 0 Å². The first-order chi connectivity index (χ1) is 12.6. The maximum absolute atomic E-state index is 12.4. The number of carbonyl (C=O) groups is 1. The van der Waals surface area contributed by atoms with Crippen LogP contribution in [0.2, 0.25) is 13.3 Å². The summed E-state index contributed by atoms with van der Waals surface area (Å²) in [5, 5.41) is 0. The van der Waals surface area contributed by atoms with Crippen LogP contribution in [0.1, 0.15) is 124 Å². The molecule has 0 N–H and O–H groups in total. The van der Waals surface area contributed by atoms with Crippen LogP contribution in [0, 0.1) is 0 Å². The molecule has 0 saturated heterocycles. The van der Waals surface area contributed by atoms with E-state index in [1.807, 2.05) is 0 Å². The summed E-state index contributed by atoms with van der Waals surface area (Å²) >= 11 is -2.73. The van der Waals surface area contributed by atoms with Crippen LogP contribution in [0.25, 0.3) is 0 Å². The van der Waals surface area contributed by atoms with E-state index in [1.165, 1.54) is 90.4 Å². The predicted octanol–water partition coefficient (Wildman–Crippen LogP) is 8.41. The molecule has 0 bridgehead atoms. The third kappa shape index (κ3) is 14.3. The Morgan fingerprint density at radius 1 is 0.615 bits per heavy atom. The topological polar surface area (TPSA) is 26.3 Å². The van der Waals surface area contributed by atoms with E-state index >= 15 is 0 Å². The Morgan fingerprint density at radius 3 is 1.46 bits per heavy atom. The van der Waals surface area contributed by atoms with E-state index in [2.05, 4.69) is 27.7 Å². The second-order valence-electron chi connectivity index (χ2n) is 8.15. The number of unbranched alkanes of at least 4 members (excludes halogenated alkanes) is 11. The molecule has 0 spiro atoms. The Hall–Kier alpha value is 0.269. The minimum absolute atomic E-state index is 0.126. The molecule has 0 heterocycles. The van der Waals surface area contributed by atoms with Crippen LogP contribution in [-0.4, -0.2) is 24.8 Å². The van der Waals surface area contributed by atoms with E-state index < -0.39 is 18.8 Å². The first-order valence-electron chi connectivity index (χ1n) is 11.9. The van der Waals surface area contributed by atoms with Gasteiger partial charge in [-0.25, -0.2) is 0 Å². The summed E-state index contributed by atoms with van der Waals surface area (Å²) in [5.41, 5.74) is 0. The van der Waals surface area contributed by atoms with E-state index in [0.717, 1.165) is 12.8 Å². The Labute approximate surface area is 169 Å². The summed E-state index contributed by atoms with van der Waals surface area (Å²) in [6, 6.07) is 0. The molecule has 26 heavy (non-hydrogen) atoms. The molecular weight excluding hydrogens is 427 g/mol. The van der Waals surface area contributed by atoms with Gasteiger partial charge in [0.1, 0.15) is 0 Å². The molecule has 0 amide bonds. The first-order valence-corrected chi connectivity index (χ1v) is 19.1. The van der Waals surface area contributed by atoms with Gasteiger partial charge in [0.25, 0.3) is 0 Å². The molecule has 0 saturated carbocycles. The van der Waals surface area contributed by atoms with Crippen molar-refractivity contribution in [2.24, 2.45) is 0 Å². The van der Waals surface area contributed by atoms with E-state index in [-0.39, 0.29) is 5.97 Å². The molecule has 0 fully saturated rings. The van der Waals surface area contributed by atoms with Crippen molar-refractivity contribution < 1.29 is 7.87 Å². The molecule has 0 aromatic rings. The summed E-state index contributed by atoms with van der Waals surface area (Å²) < 4.78 is 10.0. The van der Waals surface area contributed by atoms with Gasteiger partial charge < -0.3 is 0 Å². The third-order valence-corrected chi connectivity index (χ3v) is 18.5. The van der Waals surface area contributed by atoms with E-state index in [9.17, 15) is 4.79 Å². The Balaban J connectivity index is 4.42.